The molecule has 0 aliphatic rings. The topological polar surface area (TPSA) is 84.1 Å². The van der Waals surface area contributed by atoms with Crippen LogP contribution in [0.15, 0.2) is 22.7 Å². The van der Waals surface area contributed by atoms with E-state index in [1.807, 2.05) is 19.9 Å². The highest BCUT2D eigenvalue weighted by atomic mass is 16.5. The highest BCUT2D eigenvalue weighted by molar-refractivity contribution is 5.94. The molecule has 0 spiro atoms. The molecule has 0 bridgehead atoms. The van der Waals surface area contributed by atoms with Crippen LogP contribution in [-0.2, 0) is 0 Å². The molecular formula is C18H22N4O2. The number of anilines is 1. The zero-order chi connectivity index (χ0) is 17.3. The average molecular weight is 326 g/mol. The normalized spacial score (nSPS) is 12.5. The van der Waals surface area contributed by atoms with Crippen LogP contribution in [0, 0.1) is 20.8 Å². The Bertz CT molecular complexity index is 869. The van der Waals surface area contributed by atoms with Gasteiger partial charge in [0.05, 0.1) is 12.6 Å². The zero-order valence-electron chi connectivity index (χ0n) is 14.4. The summed E-state index contributed by atoms with van der Waals surface area (Å²) in [7, 11) is 0. The summed E-state index contributed by atoms with van der Waals surface area (Å²) in [5.41, 5.74) is 5.24. The first kappa shape index (κ1) is 16.4. The third-order valence-corrected chi connectivity index (χ3v) is 4.12. The minimum Gasteiger partial charge on any atom is -0.394 e. The zero-order valence-corrected chi connectivity index (χ0v) is 14.4. The van der Waals surface area contributed by atoms with Crippen LogP contribution in [0.25, 0.3) is 22.4 Å². The lowest BCUT2D eigenvalue weighted by molar-refractivity contribution is 0.271. The monoisotopic (exact) mass is 326 g/mol. The summed E-state index contributed by atoms with van der Waals surface area (Å²) in [5, 5.41) is 16.9. The predicted octanol–water partition coefficient (Wildman–Crippen LogP) is 3.39. The molecule has 6 nitrogen and oxygen atoms in total. The predicted molar refractivity (Wildman–Crippen MR) is 94.0 cm³/mol. The molecule has 0 saturated carbocycles. The summed E-state index contributed by atoms with van der Waals surface area (Å²) in [6.07, 6.45) is 0.777. The first-order valence-electron chi connectivity index (χ1n) is 8.12. The minimum absolute atomic E-state index is 0.0269. The lowest BCUT2D eigenvalue weighted by atomic mass is 10.0. The number of nitrogens with zero attached hydrogens (tertiary/aromatic N) is 3. The van der Waals surface area contributed by atoms with Crippen LogP contribution in [0.4, 0.5) is 5.82 Å². The number of benzene rings is 1. The largest absolute Gasteiger partial charge is 0.394 e. The van der Waals surface area contributed by atoms with Gasteiger partial charge in [0.15, 0.2) is 5.82 Å². The van der Waals surface area contributed by atoms with Crippen molar-refractivity contribution in [2.24, 2.45) is 0 Å². The number of aromatic nitrogens is 3. The van der Waals surface area contributed by atoms with Gasteiger partial charge in [-0.3, -0.25) is 0 Å². The highest BCUT2D eigenvalue weighted by Gasteiger charge is 2.20. The Morgan fingerprint density at radius 2 is 2.00 bits per heavy atom. The Morgan fingerprint density at radius 3 is 2.67 bits per heavy atom. The van der Waals surface area contributed by atoms with Crippen LogP contribution in [0.2, 0.25) is 0 Å². The fourth-order valence-corrected chi connectivity index (χ4v) is 2.77. The molecule has 0 radical (unpaired) electrons. The smallest absolute Gasteiger partial charge is 0.228 e. The van der Waals surface area contributed by atoms with E-state index >= 15 is 0 Å². The van der Waals surface area contributed by atoms with Gasteiger partial charge >= 0.3 is 0 Å². The van der Waals surface area contributed by atoms with Crippen LogP contribution >= 0.6 is 0 Å². The van der Waals surface area contributed by atoms with Crippen molar-refractivity contribution in [1.29, 1.82) is 0 Å². The number of hydrogen-bond acceptors (Lipinski definition) is 6. The van der Waals surface area contributed by atoms with Crippen LogP contribution < -0.4 is 5.32 Å². The Morgan fingerprint density at radius 1 is 1.21 bits per heavy atom. The maximum Gasteiger partial charge on any atom is 0.228 e. The number of nitrogens with one attached hydrogen (secondary N) is 1. The lowest BCUT2D eigenvalue weighted by Gasteiger charge is -2.14. The fourth-order valence-electron chi connectivity index (χ4n) is 2.77. The molecule has 1 atom stereocenters. The minimum atomic E-state index is -0.0860. The van der Waals surface area contributed by atoms with Crippen LogP contribution in [0.3, 0.4) is 0 Å². The van der Waals surface area contributed by atoms with Crippen molar-refractivity contribution >= 4 is 16.9 Å². The summed E-state index contributed by atoms with van der Waals surface area (Å²) in [6, 6.07) is 6.11. The van der Waals surface area contributed by atoms with Crippen molar-refractivity contribution in [3.8, 4) is 11.3 Å². The number of aliphatic hydroxyl groups excluding tert-OH is 1. The summed E-state index contributed by atoms with van der Waals surface area (Å²) in [5.74, 6) is 1.20. The summed E-state index contributed by atoms with van der Waals surface area (Å²) < 4.78 is 5.55. The van der Waals surface area contributed by atoms with Gasteiger partial charge in [0.1, 0.15) is 17.0 Å². The van der Waals surface area contributed by atoms with Crippen molar-refractivity contribution in [3.63, 3.8) is 0 Å². The van der Waals surface area contributed by atoms with Gasteiger partial charge in [-0.1, -0.05) is 35.8 Å². The van der Waals surface area contributed by atoms with E-state index in [9.17, 15) is 5.11 Å². The lowest BCUT2D eigenvalue weighted by Crippen LogP contribution is -2.23. The van der Waals surface area contributed by atoms with Gasteiger partial charge in [0.25, 0.3) is 0 Å². The second kappa shape index (κ2) is 6.57. The molecule has 3 rings (SSSR count). The van der Waals surface area contributed by atoms with Gasteiger partial charge < -0.3 is 14.9 Å². The van der Waals surface area contributed by atoms with E-state index in [0.717, 1.165) is 17.5 Å². The molecule has 1 unspecified atom stereocenters. The Hall–Kier alpha value is -2.47. The van der Waals surface area contributed by atoms with Crippen molar-refractivity contribution in [1.82, 2.24) is 15.1 Å². The van der Waals surface area contributed by atoms with Gasteiger partial charge in [-0.2, -0.15) is 0 Å². The number of hydrogen-bond donors (Lipinski definition) is 2. The SMILES string of the molecule is CCC(CO)Nc1nc(C)nc2c(-c3ccc(C)cc3C)noc12. The molecule has 0 aliphatic carbocycles. The molecule has 1 aromatic carbocycles. The van der Waals surface area contributed by atoms with Gasteiger partial charge in [0.2, 0.25) is 5.58 Å². The van der Waals surface area contributed by atoms with E-state index in [1.165, 1.54) is 5.56 Å². The standard InChI is InChI=1S/C18H22N4O2/c1-5-13(9-23)21-18-17-16(19-12(4)20-18)15(22-24-17)14-7-6-10(2)8-11(14)3/h6-8,13,23H,5,9H2,1-4H3,(H,19,20,21). The molecule has 2 heterocycles. The first-order chi connectivity index (χ1) is 11.5. The van der Waals surface area contributed by atoms with Crippen molar-refractivity contribution in [2.75, 3.05) is 11.9 Å². The second-order valence-corrected chi connectivity index (χ2v) is 6.08. The molecule has 24 heavy (non-hydrogen) atoms. The van der Waals surface area contributed by atoms with Crippen LogP contribution in [0.5, 0.6) is 0 Å². The van der Waals surface area contributed by atoms with Crippen LogP contribution in [0.1, 0.15) is 30.3 Å². The molecule has 0 saturated heterocycles. The highest BCUT2D eigenvalue weighted by Crippen LogP contribution is 2.32. The summed E-state index contributed by atoms with van der Waals surface area (Å²) in [6.45, 7) is 7.98. The summed E-state index contributed by atoms with van der Waals surface area (Å²) >= 11 is 0. The van der Waals surface area contributed by atoms with E-state index in [1.54, 1.807) is 0 Å². The van der Waals surface area contributed by atoms with E-state index in [4.69, 9.17) is 4.52 Å². The van der Waals surface area contributed by atoms with Gasteiger partial charge in [-0.15, -0.1) is 0 Å². The number of aryl methyl sites for hydroxylation is 3. The molecule has 0 aliphatic heterocycles. The molecule has 2 aromatic heterocycles. The number of fused-ring (bicyclic) bond motifs is 1. The van der Waals surface area contributed by atoms with Crippen molar-refractivity contribution < 1.29 is 9.63 Å². The van der Waals surface area contributed by atoms with E-state index in [2.05, 4.69) is 46.4 Å². The third-order valence-electron chi connectivity index (χ3n) is 4.12. The molecule has 6 heteroatoms. The molecule has 3 aromatic rings. The fraction of sp³-hybridized carbons (Fsp3) is 0.389. The average Bonchev–Trinajstić information content (AvgIpc) is 2.96. The Labute approximate surface area is 140 Å². The Balaban J connectivity index is 2.14. The van der Waals surface area contributed by atoms with E-state index < -0.39 is 0 Å². The van der Waals surface area contributed by atoms with Crippen LogP contribution in [-0.4, -0.2) is 32.9 Å². The quantitative estimate of drug-likeness (QED) is 0.747. The molecule has 126 valence electrons. The summed E-state index contributed by atoms with van der Waals surface area (Å²) in [4.78, 5) is 8.94. The van der Waals surface area contributed by atoms with Gasteiger partial charge in [0, 0.05) is 5.56 Å². The first-order valence-corrected chi connectivity index (χ1v) is 8.12. The van der Waals surface area contributed by atoms with E-state index in [0.29, 0.717) is 28.4 Å². The molecule has 0 fully saturated rings. The Kier molecular flexibility index (Phi) is 4.49. The molecule has 0 amide bonds. The molecule has 2 N–H and O–H groups in total. The number of rotatable bonds is 5. The maximum absolute atomic E-state index is 9.42. The van der Waals surface area contributed by atoms with Crippen molar-refractivity contribution in [2.45, 2.75) is 40.2 Å². The van der Waals surface area contributed by atoms with E-state index in [-0.39, 0.29) is 12.6 Å². The second-order valence-electron chi connectivity index (χ2n) is 6.08. The number of aliphatic hydroxyl groups is 1. The molecular weight excluding hydrogens is 304 g/mol. The van der Waals surface area contributed by atoms with Crippen molar-refractivity contribution in [3.05, 3.63) is 35.2 Å². The van der Waals surface area contributed by atoms with Gasteiger partial charge in [-0.25, -0.2) is 9.97 Å². The van der Waals surface area contributed by atoms with Gasteiger partial charge in [-0.05, 0) is 32.8 Å². The third kappa shape index (κ3) is 2.97. The maximum atomic E-state index is 9.42.